The normalized spacial score (nSPS) is 28.4. The minimum atomic E-state index is 0.807. The van der Waals surface area contributed by atoms with Crippen LogP contribution in [0.15, 0.2) is 0 Å². The molecule has 2 aliphatic rings. The van der Waals surface area contributed by atoms with Crippen LogP contribution in [0.1, 0.15) is 40.5 Å². The van der Waals surface area contributed by atoms with Gasteiger partial charge in [-0.05, 0) is 24.8 Å². The van der Waals surface area contributed by atoms with E-state index in [-0.39, 0.29) is 0 Å². The Bertz CT molecular complexity index is 271. The highest BCUT2D eigenvalue weighted by atomic mass is 15.3. The van der Waals surface area contributed by atoms with E-state index < -0.39 is 0 Å². The summed E-state index contributed by atoms with van der Waals surface area (Å²) in [6.07, 6.45) is 2.70. The van der Waals surface area contributed by atoms with Crippen molar-refractivity contribution >= 4 is 0 Å². The molecule has 0 radical (unpaired) electrons. The zero-order valence-electron chi connectivity index (χ0n) is 14.1. The van der Waals surface area contributed by atoms with E-state index in [1.807, 2.05) is 0 Å². The van der Waals surface area contributed by atoms with E-state index in [0.717, 1.165) is 17.9 Å². The average Bonchev–Trinajstić information content (AvgIpc) is 2.87. The van der Waals surface area contributed by atoms with Crippen LogP contribution < -0.4 is 0 Å². The first-order valence-electron chi connectivity index (χ1n) is 8.77. The molecule has 2 saturated heterocycles. The molecule has 2 atom stereocenters. The molecule has 2 heterocycles. The molecule has 0 spiro atoms. The van der Waals surface area contributed by atoms with Gasteiger partial charge in [0.1, 0.15) is 0 Å². The summed E-state index contributed by atoms with van der Waals surface area (Å²) >= 11 is 0. The van der Waals surface area contributed by atoms with E-state index in [9.17, 15) is 0 Å². The van der Waals surface area contributed by atoms with Crippen LogP contribution in [-0.2, 0) is 0 Å². The number of hydrogen-bond acceptors (Lipinski definition) is 3. The van der Waals surface area contributed by atoms with Crippen molar-refractivity contribution in [1.82, 2.24) is 14.7 Å². The summed E-state index contributed by atoms with van der Waals surface area (Å²) in [7, 11) is 0. The monoisotopic (exact) mass is 281 g/mol. The van der Waals surface area contributed by atoms with Crippen molar-refractivity contribution in [1.29, 1.82) is 0 Å². The first kappa shape index (κ1) is 16.3. The molecule has 0 N–H and O–H groups in total. The lowest BCUT2D eigenvalue weighted by molar-refractivity contribution is 0.0882. The van der Waals surface area contributed by atoms with Crippen LogP contribution >= 0.6 is 0 Å². The molecule has 2 aliphatic heterocycles. The Balaban J connectivity index is 1.69. The zero-order chi connectivity index (χ0) is 14.5. The van der Waals surface area contributed by atoms with Crippen LogP contribution in [0, 0.1) is 11.8 Å². The quantitative estimate of drug-likeness (QED) is 0.740. The Kier molecular flexibility index (Phi) is 6.31. The van der Waals surface area contributed by atoms with E-state index in [4.69, 9.17) is 0 Å². The number of nitrogens with zero attached hydrogens (tertiary/aromatic N) is 3. The topological polar surface area (TPSA) is 9.72 Å². The third-order valence-electron chi connectivity index (χ3n) is 5.06. The van der Waals surface area contributed by atoms with Crippen molar-refractivity contribution in [3.8, 4) is 0 Å². The predicted molar refractivity (Wildman–Crippen MR) is 87.2 cm³/mol. The Morgan fingerprint density at radius 2 is 1.60 bits per heavy atom. The Morgan fingerprint density at radius 3 is 2.20 bits per heavy atom. The fourth-order valence-electron chi connectivity index (χ4n) is 3.67. The molecule has 3 heteroatoms. The van der Waals surface area contributed by atoms with Gasteiger partial charge in [-0.2, -0.15) is 0 Å². The number of piperazine rings is 1. The molecule has 1 unspecified atom stereocenters. The molecular formula is C17H35N3. The summed E-state index contributed by atoms with van der Waals surface area (Å²) in [5.41, 5.74) is 0. The highest BCUT2D eigenvalue weighted by molar-refractivity contribution is 4.86. The SMILES string of the molecule is CCC(C)CN1CCN([C@@H]2CCN(CC(C)C)C2)CC1. The first-order chi connectivity index (χ1) is 9.58. The van der Waals surface area contributed by atoms with Gasteiger partial charge in [-0.25, -0.2) is 0 Å². The van der Waals surface area contributed by atoms with Gasteiger partial charge in [-0.15, -0.1) is 0 Å². The molecule has 118 valence electrons. The van der Waals surface area contributed by atoms with Gasteiger partial charge in [-0.3, -0.25) is 4.90 Å². The highest BCUT2D eigenvalue weighted by Gasteiger charge is 2.30. The maximum absolute atomic E-state index is 2.76. The van der Waals surface area contributed by atoms with Crippen molar-refractivity contribution < 1.29 is 0 Å². The van der Waals surface area contributed by atoms with Gasteiger partial charge in [-0.1, -0.05) is 34.1 Å². The smallest absolute Gasteiger partial charge is 0.0236 e. The van der Waals surface area contributed by atoms with Gasteiger partial charge in [0.25, 0.3) is 0 Å². The molecule has 2 rings (SSSR count). The maximum atomic E-state index is 2.76. The molecule has 0 aliphatic carbocycles. The van der Waals surface area contributed by atoms with Gasteiger partial charge in [0.15, 0.2) is 0 Å². The second-order valence-electron chi connectivity index (χ2n) is 7.45. The van der Waals surface area contributed by atoms with E-state index in [1.54, 1.807) is 0 Å². The van der Waals surface area contributed by atoms with Crippen LogP contribution in [-0.4, -0.2) is 73.1 Å². The highest BCUT2D eigenvalue weighted by Crippen LogP contribution is 2.19. The molecule has 0 bridgehead atoms. The van der Waals surface area contributed by atoms with Gasteiger partial charge >= 0.3 is 0 Å². The van der Waals surface area contributed by atoms with Gasteiger partial charge in [0.05, 0.1) is 0 Å². The molecule has 20 heavy (non-hydrogen) atoms. The molecule has 0 saturated carbocycles. The third-order valence-corrected chi connectivity index (χ3v) is 5.06. The summed E-state index contributed by atoms with van der Waals surface area (Å²) in [6.45, 7) is 19.7. The van der Waals surface area contributed by atoms with Crippen molar-refractivity contribution in [2.24, 2.45) is 11.8 Å². The lowest BCUT2D eigenvalue weighted by Gasteiger charge is -2.39. The molecule has 0 aromatic rings. The summed E-state index contributed by atoms with van der Waals surface area (Å²) in [5, 5.41) is 0. The molecule has 2 fully saturated rings. The molecule has 3 nitrogen and oxygen atoms in total. The van der Waals surface area contributed by atoms with Gasteiger partial charge in [0, 0.05) is 51.9 Å². The van der Waals surface area contributed by atoms with Crippen LogP contribution in [0.5, 0.6) is 0 Å². The fraction of sp³-hybridized carbons (Fsp3) is 1.00. The van der Waals surface area contributed by atoms with Crippen molar-refractivity contribution in [3.05, 3.63) is 0 Å². The van der Waals surface area contributed by atoms with Gasteiger partial charge < -0.3 is 9.80 Å². The van der Waals surface area contributed by atoms with Crippen LogP contribution in [0.3, 0.4) is 0 Å². The molecule has 0 amide bonds. The minimum Gasteiger partial charge on any atom is -0.301 e. The van der Waals surface area contributed by atoms with E-state index in [2.05, 4.69) is 42.4 Å². The largest absolute Gasteiger partial charge is 0.301 e. The predicted octanol–water partition coefficient (Wildman–Crippen LogP) is 2.38. The zero-order valence-corrected chi connectivity index (χ0v) is 14.1. The summed E-state index contributed by atoms with van der Waals surface area (Å²) in [6, 6.07) is 0.833. The Morgan fingerprint density at radius 1 is 0.900 bits per heavy atom. The van der Waals surface area contributed by atoms with Crippen LogP contribution in [0.4, 0.5) is 0 Å². The second-order valence-corrected chi connectivity index (χ2v) is 7.45. The fourth-order valence-corrected chi connectivity index (χ4v) is 3.67. The van der Waals surface area contributed by atoms with E-state index in [1.165, 1.54) is 65.2 Å². The molecule has 0 aromatic carbocycles. The molecular weight excluding hydrogens is 246 g/mol. The lowest BCUT2D eigenvalue weighted by atomic mass is 10.1. The number of likely N-dealkylation sites (tertiary alicyclic amines) is 1. The summed E-state index contributed by atoms with van der Waals surface area (Å²) < 4.78 is 0. The lowest BCUT2D eigenvalue weighted by Crippen LogP contribution is -2.51. The summed E-state index contributed by atoms with van der Waals surface area (Å²) in [5.74, 6) is 1.66. The Hall–Kier alpha value is -0.120. The van der Waals surface area contributed by atoms with E-state index in [0.29, 0.717) is 0 Å². The Labute approximate surface area is 126 Å². The van der Waals surface area contributed by atoms with Crippen LogP contribution in [0.2, 0.25) is 0 Å². The minimum absolute atomic E-state index is 0.807. The van der Waals surface area contributed by atoms with Crippen LogP contribution in [0.25, 0.3) is 0 Å². The number of rotatable bonds is 6. The maximum Gasteiger partial charge on any atom is 0.0236 e. The van der Waals surface area contributed by atoms with Crippen molar-refractivity contribution in [2.75, 3.05) is 52.4 Å². The standard InChI is InChI=1S/C17H35N3/c1-5-16(4)13-18-8-10-20(11-9-18)17-6-7-19(14-17)12-15(2)3/h15-17H,5-14H2,1-4H3/t16?,17-/m1/s1. The molecule has 0 aromatic heterocycles. The third kappa shape index (κ3) is 4.71. The van der Waals surface area contributed by atoms with Gasteiger partial charge in [0.2, 0.25) is 0 Å². The van der Waals surface area contributed by atoms with Crippen molar-refractivity contribution in [2.45, 2.75) is 46.6 Å². The van der Waals surface area contributed by atoms with Crippen molar-refractivity contribution in [3.63, 3.8) is 0 Å². The van der Waals surface area contributed by atoms with E-state index >= 15 is 0 Å². The average molecular weight is 281 g/mol. The summed E-state index contributed by atoms with van der Waals surface area (Å²) in [4.78, 5) is 8.10. The number of hydrogen-bond donors (Lipinski definition) is 0. The second kappa shape index (κ2) is 7.77. The first-order valence-corrected chi connectivity index (χ1v) is 8.77.